The predicted molar refractivity (Wildman–Crippen MR) is 105 cm³/mol. The second-order valence-corrected chi connectivity index (χ2v) is 8.23. The molecule has 1 atom stereocenters. The summed E-state index contributed by atoms with van der Waals surface area (Å²) in [5.41, 5.74) is 4.04. The van der Waals surface area contributed by atoms with Gasteiger partial charge < -0.3 is 5.11 Å². The highest BCUT2D eigenvalue weighted by atomic mass is 32.2. The lowest BCUT2D eigenvalue weighted by Crippen LogP contribution is -2.12. The zero-order chi connectivity index (χ0) is 17.9. The van der Waals surface area contributed by atoms with Gasteiger partial charge in [-0.25, -0.2) is 9.97 Å². The number of nitrogens with zero attached hydrogens (tertiary/aromatic N) is 2. The first-order valence-corrected chi connectivity index (χ1v) is 10.4. The number of aryl methyl sites for hydroxylation is 1. The van der Waals surface area contributed by atoms with Gasteiger partial charge in [-0.15, -0.1) is 11.3 Å². The maximum absolute atomic E-state index is 11.8. The van der Waals surface area contributed by atoms with E-state index in [1.165, 1.54) is 17.3 Å². The Kier molecular flexibility index (Phi) is 5.04. The Balaban J connectivity index is 1.74. The molecule has 132 valence electrons. The molecule has 1 N–H and O–H groups in total. The quantitative estimate of drug-likeness (QED) is 0.497. The Labute approximate surface area is 160 Å². The van der Waals surface area contributed by atoms with Crippen LogP contribution in [0.25, 0.3) is 10.6 Å². The van der Waals surface area contributed by atoms with E-state index in [2.05, 4.69) is 6.07 Å². The average molecular weight is 383 g/mol. The van der Waals surface area contributed by atoms with E-state index in [0.717, 1.165) is 47.5 Å². The summed E-state index contributed by atoms with van der Waals surface area (Å²) < 4.78 is 0. The van der Waals surface area contributed by atoms with E-state index in [9.17, 15) is 9.90 Å². The van der Waals surface area contributed by atoms with Crippen molar-refractivity contribution in [3.63, 3.8) is 0 Å². The number of carbonyl (C=O) groups is 1. The minimum atomic E-state index is -0.875. The van der Waals surface area contributed by atoms with Crippen LogP contribution >= 0.6 is 23.1 Å². The first-order chi connectivity index (χ1) is 12.7. The third-order valence-electron chi connectivity index (χ3n) is 4.47. The molecule has 0 saturated heterocycles. The van der Waals surface area contributed by atoms with Crippen LogP contribution in [0, 0.1) is 0 Å². The van der Waals surface area contributed by atoms with Crippen LogP contribution in [0.2, 0.25) is 0 Å². The van der Waals surface area contributed by atoms with Gasteiger partial charge in [-0.1, -0.05) is 48.2 Å². The number of fused-ring (bicyclic) bond motifs is 1. The maximum atomic E-state index is 11.8. The molecule has 0 bridgehead atoms. The van der Waals surface area contributed by atoms with Crippen LogP contribution in [0.5, 0.6) is 0 Å². The Hall–Kier alpha value is -2.18. The van der Waals surface area contributed by atoms with Crippen molar-refractivity contribution in [2.75, 3.05) is 0 Å². The minimum absolute atomic E-state index is 0.547. The number of hydrogen-bond donors (Lipinski definition) is 1. The summed E-state index contributed by atoms with van der Waals surface area (Å²) in [5.74, 6) is -0.875. The van der Waals surface area contributed by atoms with Crippen molar-refractivity contribution in [2.24, 2.45) is 0 Å². The normalized spacial score (nSPS) is 14.6. The van der Waals surface area contributed by atoms with Gasteiger partial charge in [0.05, 0.1) is 10.6 Å². The van der Waals surface area contributed by atoms with E-state index in [-0.39, 0.29) is 0 Å². The fourth-order valence-corrected chi connectivity index (χ4v) is 4.89. The lowest BCUT2D eigenvalue weighted by atomic mass is 9.94. The number of hydrogen-bond acceptors (Lipinski definition) is 5. The fourth-order valence-electron chi connectivity index (χ4n) is 3.24. The van der Waals surface area contributed by atoms with Crippen LogP contribution in [0.4, 0.5) is 0 Å². The smallest absolute Gasteiger partial charge is 0.321 e. The molecule has 1 aliphatic carbocycles. The number of thioether (sulfide) groups is 1. The monoisotopic (exact) mass is 382 g/mol. The number of carboxylic acids is 1. The molecule has 4 rings (SSSR count). The molecule has 0 amide bonds. The molecule has 6 heteroatoms. The van der Waals surface area contributed by atoms with Crippen molar-refractivity contribution >= 4 is 29.1 Å². The van der Waals surface area contributed by atoms with E-state index in [1.807, 2.05) is 41.8 Å². The summed E-state index contributed by atoms with van der Waals surface area (Å²) in [6.07, 6.45) is 4.21. The van der Waals surface area contributed by atoms with E-state index in [1.54, 1.807) is 11.3 Å². The van der Waals surface area contributed by atoms with Crippen molar-refractivity contribution < 1.29 is 9.90 Å². The molecule has 4 nitrogen and oxygen atoms in total. The second kappa shape index (κ2) is 7.60. The Bertz CT molecular complexity index is 911. The fraction of sp³-hybridized carbons (Fsp3) is 0.250. The Morgan fingerprint density at radius 2 is 1.88 bits per heavy atom. The number of aromatic nitrogens is 2. The van der Waals surface area contributed by atoms with Gasteiger partial charge in [0.1, 0.15) is 5.25 Å². The topological polar surface area (TPSA) is 63.1 Å². The summed E-state index contributed by atoms with van der Waals surface area (Å²) in [6.45, 7) is 0. The summed E-state index contributed by atoms with van der Waals surface area (Å²) in [7, 11) is 0. The first-order valence-electron chi connectivity index (χ1n) is 8.60. The number of carboxylic acid groups (broad SMARTS) is 1. The molecular weight excluding hydrogens is 364 g/mol. The predicted octanol–water partition coefficient (Wildman–Crippen LogP) is 5.00. The Morgan fingerprint density at radius 1 is 1.08 bits per heavy atom. The van der Waals surface area contributed by atoms with Crippen molar-refractivity contribution in [1.29, 1.82) is 0 Å². The summed E-state index contributed by atoms with van der Waals surface area (Å²) in [4.78, 5) is 22.5. The van der Waals surface area contributed by atoms with Crippen LogP contribution in [0.1, 0.15) is 34.9 Å². The number of rotatable bonds is 5. The van der Waals surface area contributed by atoms with Crippen LogP contribution in [0.15, 0.2) is 53.0 Å². The highest BCUT2D eigenvalue weighted by molar-refractivity contribution is 8.00. The van der Waals surface area contributed by atoms with E-state index >= 15 is 0 Å². The van der Waals surface area contributed by atoms with Gasteiger partial charge >= 0.3 is 5.97 Å². The molecule has 0 saturated carbocycles. The van der Waals surface area contributed by atoms with Gasteiger partial charge in [0.15, 0.2) is 5.16 Å². The number of aliphatic carboxylic acids is 1. The number of benzene rings is 1. The molecule has 26 heavy (non-hydrogen) atoms. The molecule has 0 aliphatic heterocycles. The molecule has 2 aromatic heterocycles. The van der Waals surface area contributed by atoms with Gasteiger partial charge in [0.25, 0.3) is 0 Å². The Morgan fingerprint density at radius 3 is 2.62 bits per heavy atom. The molecule has 2 heterocycles. The van der Waals surface area contributed by atoms with Crippen molar-refractivity contribution in [3.05, 3.63) is 64.7 Å². The van der Waals surface area contributed by atoms with Crippen LogP contribution in [-0.2, 0) is 17.6 Å². The highest BCUT2D eigenvalue weighted by Crippen LogP contribution is 2.38. The van der Waals surface area contributed by atoms with Gasteiger partial charge in [0.2, 0.25) is 0 Å². The van der Waals surface area contributed by atoms with E-state index < -0.39 is 11.2 Å². The summed E-state index contributed by atoms with van der Waals surface area (Å²) in [5, 5.41) is 11.6. The van der Waals surface area contributed by atoms with Gasteiger partial charge in [-0.3, -0.25) is 4.79 Å². The molecule has 0 spiro atoms. The van der Waals surface area contributed by atoms with Crippen molar-refractivity contribution in [3.8, 4) is 10.6 Å². The van der Waals surface area contributed by atoms with Crippen LogP contribution < -0.4 is 0 Å². The molecule has 0 radical (unpaired) electrons. The zero-order valence-corrected chi connectivity index (χ0v) is 15.7. The second-order valence-electron chi connectivity index (χ2n) is 6.21. The molecule has 1 aliphatic rings. The lowest BCUT2D eigenvalue weighted by molar-refractivity contribution is -0.136. The average Bonchev–Trinajstić information content (AvgIpc) is 3.20. The van der Waals surface area contributed by atoms with Crippen LogP contribution in [0.3, 0.4) is 0 Å². The molecule has 0 unspecified atom stereocenters. The largest absolute Gasteiger partial charge is 0.480 e. The third kappa shape index (κ3) is 3.52. The first kappa shape index (κ1) is 17.2. The van der Waals surface area contributed by atoms with Crippen LogP contribution in [-0.4, -0.2) is 21.0 Å². The molecule has 3 aromatic rings. The number of thiophene rings is 1. The maximum Gasteiger partial charge on any atom is 0.321 e. The summed E-state index contributed by atoms with van der Waals surface area (Å²) in [6, 6.07) is 13.4. The lowest BCUT2D eigenvalue weighted by Gasteiger charge is -2.19. The molecule has 0 fully saturated rings. The van der Waals surface area contributed by atoms with E-state index in [4.69, 9.17) is 9.97 Å². The molecule has 1 aromatic carbocycles. The van der Waals surface area contributed by atoms with Crippen molar-refractivity contribution in [2.45, 2.75) is 36.1 Å². The van der Waals surface area contributed by atoms with E-state index in [0.29, 0.717) is 5.16 Å². The standard InChI is InChI=1S/C20H18N2O2S2/c23-19(24)18(13-7-2-1-3-8-13)26-20-21-15-10-5-4-9-14(15)17(22-20)16-11-6-12-25-16/h1-3,6-8,11-12,18H,4-5,9-10H2,(H,23,24)/t18-/m0/s1. The SMILES string of the molecule is O=C(O)[C@@H](Sc1nc2c(c(-c3cccs3)n1)CCCC2)c1ccccc1. The minimum Gasteiger partial charge on any atom is -0.480 e. The zero-order valence-electron chi connectivity index (χ0n) is 14.1. The van der Waals surface area contributed by atoms with Gasteiger partial charge in [0, 0.05) is 11.3 Å². The molecular formula is C20H18N2O2S2. The van der Waals surface area contributed by atoms with Gasteiger partial charge in [-0.2, -0.15) is 0 Å². The third-order valence-corrected chi connectivity index (χ3v) is 6.45. The van der Waals surface area contributed by atoms with Crippen molar-refractivity contribution in [1.82, 2.24) is 9.97 Å². The summed E-state index contributed by atoms with van der Waals surface area (Å²) >= 11 is 2.88. The van der Waals surface area contributed by atoms with Gasteiger partial charge in [-0.05, 0) is 42.7 Å². The highest BCUT2D eigenvalue weighted by Gasteiger charge is 2.25.